The van der Waals surface area contributed by atoms with Crippen LogP contribution in [0.15, 0.2) is 54.6 Å². The van der Waals surface area contributed by atoms with Crippen molar-refractivity contribution in [1.82, 2.24) is 9.97 Å². The van der Waals surface area contributed by atoms with Gasteiger partial charge in [-0.2, -0.15) is 0 Å². The molecule has 0 saturated heterocycles. The Balaban J connectivity index is 1.68. The molecule has 0 bridgehead atoms. The number of benzene rings is 2. The summed E-state index contributed by atoms with van der Waals surface area (Å²) in [6.07, 6.45) is 8.27. The smallest absolute Gasteiger partial charge is 0.134 e. The maximum atomic E-state index is 5.89. The zero-order chi connectivity index (χ0) is 18.3. The number of rotatable bonds is 2. The molecule has 0 radical (unpaired) electrons. The lowest BCUT2D eigenvalue weighted by molar-refractivity contribution is 0.286. The summed E-state index contributed by atoms with van der Waals surface area (Å²) < 4.78 is 0.811. The number of aromatic amines is 1. The average Bonchev–Trinajstić information content (AvgIpc) is 2.69. The molecular weight excluding hydrogens is 348 g/mol. The van der Waals surface area contributed by atoms with Crippen LogP contribution >= 0.6 is 12.2 Å². The van der Waals surface area contributed by atoms with Gasteiger partial charge in [-0.1, -0.05) is 86.1 Å². The predicted octanol–water partition coefficient (Wildman–Crippen LogP) is 6.15. The number of nitrogens with zero attached hydrogens (tertiary/aromatic N) is 1. The first-order valence-electron chi connectivity index (χ1n) is 10.0. The van der Waals surface area contributed by atoms with Crippen molar-refractivity contribution in [2.75, 3.05) is 0 Å². The molecule has 0 atom stereocenters. The predicted molar refractivity (Wildman–Crippen MR) is 113 cm³/mol. The van der Waals surface area contributed by atoms with E-state index >= 15 is 0 Å². The number of hydrogen-bond donors (Lipinski definition) is 1. The molecule has 0 unspecified atom stereocenters. The van der Waals surface area contributed by atoms with Gasteiger partial charge >= 0.3 is 0 Å². The van der Waals surface area contributed by atoms with Crippen LogP contribution < -0.4 is 0 Å². The topological polar surface area (TPSA) is 28.7 Å². The molecule has 2 aliphatic carbocycles. The molecule has 1 fully saturated rings. The van der Waals surface area contributed by atoms with Gasteiger partial charge in [0.25, 0.3) is 0 Å². The molecule has 3 heteroatoms. The Kier molecular flexibility index (Phi) is 4.20. The van der Waals surface area contributed by atoms with Gasteiger partial charge in [0.05, 0.1) is 5.69 Å². The third-order valence-electron chi connectivity index (χ3n) is 6.34. The summed E-state index contributed by atoms with van der Waals surface area (Å²) in [7, 11) is 0. The van der Waals surface area contributed by atoms with Gasteiger partial charge in [-0.3, -0.25) is 0 Å². The first-order chi connectivity index (χ1) is 13.3. The molecule has 1 N–H and O–H groups in total. The maximum absolute atomic E-state index is 5.89. The highest BCUT2D eigenvalue weighted by molar-refractivity contribution is 7.71. The molecule has 5 rings (SSSR count). The molecule has 0 aliphatic heterocycles. The van der Waals surface area contributed by atoms with Gasteiger partial charge in [-0.15, -0.1) is 0 Å². The number of nitrogens with one attached hydrogen (secondary N) is 1. The zero-order valence-electron chi connectivity index (χ0n) is 15.5. The van der Waals surface area contributed by atoms with Crippen LogP contribution in [0.1, 0.15) is 54.6 Å². The summed E-state index contributed by atoms with van der Waals surface area (Å²) in [4.78, 5) is 8.57. The quantitative estimate of drug-likeness (QED) is 0.546. The second-order valence-electron chi connectivity index (χ2n) is 8.08. The van der Waals surface area contributed by atoms with E-state index in [4.69, 9.17) is 17.2 Å². The van der Waals surface area contributed by atoms with E-state index in [1.165, 1.54) is 60.1 Å². The van der Waals surface area contributed by atoms with E-state index < -0.39 is 0 Å². The Morgan fingerprint density at radius 2 is 1.67 bits per heavy atom. The fraction of sp³-hybridized carbons (Fsp3) is 0.333. The molecule has 2 nitrogen and oxygen atoms in total. The van der Waals surface area contributed by atoms with Crippen LogP contribution in [0.4, 0.5) is 0 Å². The molecule has 0 amide bonds. The fourth-order valence-corrected chi connectivity index (χ4v) is 5.54. The van der Waals surface area contributed by atoms with Crippen molar-refractivity contribution in [1.29, 1.82) is 0 Å². The molecule has 3 aromatic rings. The second kappa shape index (κ2) is 6.72. The highest BCUT2D eigenvalue weighted by Crippen LogP contribution is 2.50. The largest absolute Gasteiger partial charge is 0.343 e. The Morgan fingerprint density at radius 3 is 2.48 bits per heavy atom. The number of H-pyrrole nitrogens is 1. The molecule has 1 saturated carbocycles. The fourth-order valence-electron chi connectivity index (χ4n) is 5.11. The first kappa shape index (κ1) is 16.9. The Labute approximate surface area is 165 Å². The van der Waals surface area contributed by atoms with E-state index in [1.54, 1.807) is 0 Å². The van der Waals surface area contributed by atoms with Gasteiger partial charge in [-0.25, -0.2) is 4.98 Å². The van der Waals surface area contributed by atoms with Crippen LogP contribution in [0.25, 0.3) is 11.3 Å². The third-order valence-corrected chi connectivity index (χ3v) is 6.64. The van der Waals surface area contributed by atoms with Crippen molar-refractivity contribution in [2.24, 2.45) is 0 Å². The summed E-state index contributed by atoms with van der Waals surface area (Å²) in [5, 5.41) is 0. The van der Waals surface area contributed by atoms with Gasteiger partial charge in [0.2, 0.25) is 0 Å². The standard InChI is InChI=1S/C24H24N2S/c27-23-21-22(25-20(26-23)15-17-9-3-1-4-10-17)19-12-6-5-11-18(19)16-24(21)13-7-2-8-14-24/h1,3-6,9-12H,2,7-8,13-16H2,(H,25,26,27). The Bertz CT molecular complexity index is 1030. The highest BCUT2D eigenvalue weighted by atomic mass is 32.1. The van der Waals surface area contributed by atoms with E-state index in [9.17, 15) is 0 Å². The van der Waals surface area contributed by atoms with Crippen LogP contribution in [0.3, 0.4) is 0 Å². The lowest BCUT2D eigenvalue weighted by atomic mass is 9.62. The lowest BCUT2D eigenvalue weighted by Crippen LogP contribution is -2.36. The Morgan fingerprint density at radius 1 is 0.926 bits per heavy atom. The van der Waals surface area contributed by atoms with E-state index in [1.807, 2.05) is 0 Å². The van der Waals surface area contributed by atoms with Crippen molar-refractivity contribution in [3.8, 4) is 11.3 Å². The van der Waals surface area contributed by atoms with Gasteiger partial charge in [0.15, 0.2) is 0 Å². The minimum absolute atomic E-state index is 0.174. The van der Waals surface area contributed by atoms with Crippen LogP contribution in [-0.2, 0) is 18.3 Å². The molecule has 2 aliphatic rings. The summed E-state index contributed by atoms with van der Waals surface area (Å²) in [6, 6.07) is 19.3. The molecular formula is C24H24N2S. The number of fused-ring (bicyclic) bond motifs is 4. The van der Waals surface area contributed by atoms with Gasteiger partial charge in [0, 0.05) is 23.0 Å². The van der Waals surface area contributed by atoms with Crippen molar-refractivity contribution >= 4 is 12.2 Å². The first-order valence-corrected chi connectivity index (χ1v) is 10.4. The van der Waals surface area contributed by atoms with Crippen molar-refractivity contribution in [2.45, 2.75) is 50.4 Å². The SMILES string of the molecule is S=c1nc(Cc2ccccc2)[nH]c2c1C1(CCCCC1)Cc1ccccc1-2. The highest BCUT2D eigenvalue weighted by Gasteiger charge is 2.41. The zero-order valence-corrected chi connectivity index (χ0v) is 16.3. The minimum Gasteiger partial charge on any atom is -0.343 e. The number of aromatic nitrogens is 2. The third kappa shape index (κ3) is 2.94. The maximum Gasteiger partial charge on any atom is 0.134 e. The van der Waals surface area contributed by atoms with E-state index in [0.717, 1.165) is 23.3 Å². The van der Waals surface area contributed by atoms with Crippen molar-refractivity contribution in [3.05, 3.63) is 81.8 Å². The molecule has 27 heavy (non-hydrogen) atoms. The summed E-state index contributed by atoms with van der Waals surface area (Å²) >= 11 is 5.89. The van der Waals surface area contributed by atoms with Gasteiger partial charge in [-0.05, 0) is 30.4 Å². The van der Waals surface area contributed by atoms with Crippen molar-refractivity contribution in [3.63, 3.8) is 0 Å². The van der Waals surface area contributed by atoms with E-state index in [2.05, 4.69) is 59.6 Å². The molecule has 2 aromatic carbocycles. The van der Waals surface area contributed by atoms with E-state index in [0.29, 0.717) is 0 Å². The van der Waals surface area contributed by atoms with Crippen LogP contribution in [0, 0.1) is 4.64 Å². The lowest BCUT2D eigenvalue weighted by Gasteiger charge is -2.42. The van der Waals surface area contributed by atoms with Gasteiger partial charge in [0.1, 0.15) is 10.5 Å². The summed E-state index contributed by atoms with van der Waals surface area (Å²) in [6.45, 7) is 0. The van der Waals surface area contributed by atoms with E-state index in [-0.39, 0.29) is 5.41 Å². The van der Waals surface area contributed by atoms with Gasteiger partial charge < -0.3 is 4.98 Å². The monoisotopic (exact) mass is 372 g/mol. The molecule has 1 spiro atoms. The summed E-state index contributed by atoms with van der Waals surface area (Å²) in [5.41, 5.74) is 6.73. The van der Waals surface area contributed by atoms with Crippen LogP contribution in [-0.4, -0.2) is 9.97 Å². The average molecular weight is 373 g/mol. The second-order valence-corrected chi connectivity index (χ2v) is 8.46. The normalized spacial score (nSPS) is 17.3. The van der Waals surface area contributed by atoms with Crippen LogP contribution in [0.2, 0.25) is 0 Å². The van der Waals surface area contributed by atoms with Crippen molar-refractivity contribution < 1.29 is 0 Å². The molecule has 136 valence electrons. The Hall–Kier alpha value is -2.26. The summed E-state index contributed by atoms with van der Waals surface area (Å²) in [5.74, 6) is 0.965. The number of hydrogen-bond acceptors (Lipinski definition) is 2. The molecule has 1 aromatic heterocycles. The van der Waals surface area contributed by atoms with Crippen LogP contribution in [0.5, 0.6) is 0 Å². The molecule has 1 heterocycles. The minimum atomic E-state index is 0.174.